The van der Waals surface area contributed by atoms with E-state index >= 15 is 0 Å². The minimum atomic E-state index is -3.68. The Balaban J connectivity index is 1.72. The number of nitro benzene ring substituents is 1. The normalized spacial score (nSPS) is 16.2. The van der Waals surface area contributed by atoms with Crippen LogP contribution in [0, 0.1) is 10.1 Å². The number of carbonyl (C=O) groups excluding carboxylic acids is 1. The number of anilines is 1. The van der Waals surface area contributed by atoms with Crippen LogP contribution in [0.1, 0.15) is 5.56 Å². The standard InChI is InChI=1S/C17H15ClN4O6S/c1-29(26,27)21-10-16(28-15-7-4-12(18)8-14(15)21)17(23)20-19-9-11-2-5-13(6-3-11)22(24)25/h2-9,16H,10H2,1H3,(H,20,23)/b19-9-/t16-/m1/s1. The van der Waals surface area contributed by atoms with Crippen molar-refractivity contribution in [1.29, 1.82) is 0 Å². The summed E-state index contributed by atoms with van der Waals surface area (Å²) in [6, 6.07) is 9.99. The molecule has 0 aliphatic carbocycles. The van der Waals surface area contributed by atoms with Crippen LogP contribution in [0.3, 0.4) is 0 Å². The molecule has 10 nitrogen and oxygen atoms in total. The monoisotopic (exact) mass is 438 g/mol. The number of nitrogens with zero attached hydrogens (tertiary/aromatic N) is 3. The molecule has 0 saturated heterocycles. The fraction of sp³-hybridized carbons (Fsp3) is 0.176. The van der Waals surface area contributed by atoms with Crippen LogP contribution in [0.15, 0.2) is 47.6 Å². The van der Waals surface area contributed by atoms with Crippen molar-refractivity contribution in [3.63, 3.8) is 0 Å². The van der Waals surface area contributed by atoms with E-state index in [2.05, 4.69) is 10.5 Å². The number of carbonyl (C=O) groups is 1. The highest BCUT2D eigenvalue weighted by Crippen LogP contribution is 2.37. The van der Waals surface area contributed by atoms with Gasteiger partial charge < -0.3 is 4.74 Å². The first-order chi connectivity index (χ1) is 13.6. The number of hydrogen-bond donors (Lipinski definition) is 1. The zero-order valence-corrected chi connectivity index (χ0v) is 16.6. The molecule has 1 aliphatic rings. The molecule has 12 heteroatoms. The Hall–Kier alpha value is -3.18. The summed E-state index contributed by atoms with van der Waals surface area (Å²) in [4.78, 5) is 22.5. The Labute approximate surface area is 170 Å². The number of non-ortho nitro benzene ring substituents is 1. The number of halogens is 1. The van der Waals surface area contributed by atoms with E-state index in [-0.39, 0.29) is 23.7 Å². The summed E-state index contributed by atoms with van der Waals surface area (Å²) in [6.07, 6.45) is 1.18. The lowest BCUT2D eigenvalue weighted by molar-refractivity contribution is -0.384. The van der Waals surface area contributed by atoms with E-state index in [0.717, 1.165) is 10.6 Å². The van der Waals surface area contributed by atoms with E-state index in [9.17, 15) is 23.3 Å². The molecule has 0 aromatic heterocycles. The lowest BCUT2D eigenvalue weighted by atomic mass is 10.2. The van der Waals surface area contributed by atoms with Crippen molar-refractivity contribution in [2.24, 2.45) is 5.10 Å². The summed E-state index contributed by atoms with van der Waals surface area (Å²) < 4.78 is 30.9. The number of amides is 1. The van der Waals surface area contributed by atoms with E-state index in [4.69, 9.17) is 16.3 Å². The number of nitro groups is 1. The zero-order chi connectivity index (χ0) is 21.2. The van der Waals surface area contributed by atoms with Gasteiger partial charge in [-0.15, -0.1) is 0 Å². The average Bonchev–Trinajstić information content (AvgIpc) is 2.66. The molecule has 1 aliphatic heterocycles. The number of nitrogens with one attached hydrogen (secondary N) is 1. The van der Waals surface area contributed by atoms with Gasteiger partial charge in [-0.1, -0.05) is 11.6 Å². The fourth-order valence-electron chi connectivity index (χ4n) is 2.60. The third-order valence-corrected chi connectivity index (χ3v) is 5.36. The molecule has 2 aromatic carbocycles. The van der Waals surface area contributed by atoms with Gasteiger partial charge in [-0.3, -0.25) is 19.2 Å². The molecule has 1 amide bonds. The Bertz CT molecular complexity index is 1090. The molecule has 3 rings (SSSR count). The summed E-state index contributed by atoms with van der Waals surface area (Å²) >= 11 is 5.93. The molecule has 0 radical (unpaired) electrons. The van der Waals surface area contributed by atoms with Crippen molar-refractivity contribution in [3.05, 3.63) is 63.2 Å². The quantitative estimate of drug-likeness (QED) is 0.431. The summed E-state index contributed by atoms with van der Waals surface area (Å²) in [7, 11) is -3.68. The molecule has 0 bridgehead atoms. The second-order valence-corrected chi connectivity index (χ2v) is 8.44. The van der Waals surface area contributed by atoms with Crippen LogP contribution in [0.2, 0.25) is 5.02 Å². The molecule has 0 saturated carbocycles. The van der Waals surface area contributed by atoms with Crippen LogP contribution in [-0.2, 0) is 14.8 Å². The first-order valence-electron chi connectivity index (χ1n) is 8.16. The molecule has 0 spiro atoms. The van der Waals surface area contributed by atoms with E-state index in [0.29, 0.717) is 10.6 Å². The van der Waals surface area contributed by atoms with Gasteiger partial charge in [0.05, 0.1) is 29.6 Å². The van der Waals surface area contributed by atoms with Crippen molar-refractivity contribution in [1.82, 2.24) is 5.43 Å². The maximum Gasteiger partial charge on any atom is 0.283 e. The lowest BCUT2D eigenvalue weighted by Crippen LogP contribution is -2.49. The van der Waals surface area contributed by atoms with Crippen molar-refractivity contribution in [2.45, 2.75) is 6.10 Å². The second kappa shape index (κ2) is 8.05. The van der Waals surface area contributed by atoms with E-state index in [1.54, 1.807) is 0 Å². The van der Waals surface area contributed by atoms with Gasteiger partial charge in [0.2, 0.25) is 10.0 Å². The number of hydrazone groups is 1. The molecule has 2 aromatic rings. The highest BCUT2D eigenvalue weighted by atomic mass is 35.5. The Morgan fingerprint density at radius 3 is 2.66 bits per heavy atom. The maximum atomic E-state index is 12.4. The largest absolute Gasteiger partial charge is 0.476 e. The first-order valence-corrected chi connectivity index (χ1v) is 10.4. The second-order valence-electron chi connectivity index (χ2n) is 6.10. The summed E-state index contributed by atoms with van der Waals surface area (Å²) in [5, 5.41) is 14.8. The number of benzene rings is 2. The third kappa shape index (κ3) is 4.81. The Morgan fingerprint density at radius 1 is 1.34 bits per heavy atom. The summed E-state index contributed by atoms with van der Waals surface area (Å²) in [6.45, 7) is -0.245. The molecule has 1 atom stereocenters. The minimum Gasteiger partial charge on any atom is -0.476 e. The first kappa shape index (κ1) is 20.6. The predicted octanol–water partition coefficient (Wildman–Crippen LogP) is 1.93. The van der Waals surface area contributed by atoms with E-state index < -0.39 is 27.0 Å². The molecule has 29 heavy (non-hydrogen) atoms. The number of hydrogen-bond acceptors (Lipinski definition) is 7. The zero-order valence-electron chi connectivity index (χ0n) is 15.0. The van der Waals surface area contributed by atoms with Crippen molar-refractivity contribution in [2.75, 3.05) is 17.1 Å². The SMILES string of the molecule is CS(=O)(=O)N1C[C@H](C(=O)N/N=C\c2ccc([N+](=O)[O-])cc2)Oc2ccc(Cl)cc21. The van der Waals surface area contributed by atoms with Crippen LogP contribution in [0.25, 0.3) is 0 Å². The fourth-order valence-corrected chi connectivity index (χ4v) is 3.67. The van der Waals surface area contributed by atoms with Gasteiger partial charge in [-0.05, 0) is 35.9 Å². The van der Waals surface area contributed by atoms with Gasteiger partial charge in [0.1, 0.15) is 5.75 Å². The Morgan fingerprint density at radius 2 is 2.03 bits per heavy atom. The summed E-state index contributed by atoms with van der Waals surface area (Å²) in [5.41, 5.74) is 2.98. The van der Waals surface area contributed by atoms with Crippen molar-refractivity contribution < 1.29 is 22.9 Å². The predicted molar refractivity (Wildman–Crippen MR) is 107 cm³/mol. The van der Waals surface area contributed by atoms with Gasteiger partial charge in [0, 0.05) is 17.2 Å². The smallest absolute Gasteiger partial charge is 0.283 e. The maximum absolute atomic E-state index is 12.4. The molecule has 0 fully saturated rings. The van der Waals surface area contributed by atoms with Gasteiger partial charge in [-0.2, -0.15) is 5.10 Å². The summed E-state index contributed by atoms with van der Waals surface area (Å²) in [5.74, 6) is -0.456. The molecule has 1 heterocycles. The van der Waals surface area contributed by atoms with E-state index in [1.165, 1.54) is 48.7 Å². The third-order valence-electron chi connectivity index (χ3n) is 3.98. The highest BCUT2D eigenvalue weighted by Gasteiger charge is 2.35. The molecule has 152 valence electrons. The lowest BCUT2D eigenvalue weighted by Gasteiger charge is -2.33. The van der Waals surface area contributed by atoms with Crippen molar-refractivity contribution >= 4 is 45.1 Å². The van der Waals surface area contributed by atoms with E-state index in [1.807, 2.05) is 0 Å². The number of rotatable bonds is 5. The van der Waals surface area contributed by atoms with Crippen LogP contribution in [0.4, 0.5) is 11.4 Å². The van der Waals surface area contributed by atoms with Crippen molar-refractivity contribution in [3.8, 4) is 5.75 Å². The van der Waals surface area contributed by atoms with Crippen LogP contribution >= 0.6 is 11.6 Å². The number of sulfonamides is 1. The minimum absolute atomic E-state index is 0.0681. The Kier molecular flexibility index (Phi) is 5.71. The topological polar surface area (TPSA) is 131 Å². The molecule has 0 unspecified atom stereocenters. The van der Waals surface area contributed by atoms with Crippen LogP contribution < -0.4 is 14.5 Å². The number of fused-ring (bicyclic) bond motifs is 1. The van der Waals surface area contributed by atoms with Crippen LogP contribution in [-0.4, -0.2) is 44.4 Å². The number of ether oxygens (including phenoxy) is 1. The van der Waals surface area contributed by atoms with Gasteiger partial charge in [-0.25, -0.2) is 13.8 Å². The van der Waals surface area contributed by atoms with Gasteiger partial charge in [0.25, 0.3) is 11.6 Å². The van der Waals surface area contributed by atoms with Gasteiger partial charge in [0.15, 0.2) is 6.10 Å². The molecular weight excluding hydrogens is 424 g/mol. The molecular formula is C17H15ClN4O6S. The molecule has 1 N–H and O–H groups in total. The average molecular weight is 439 g/mol. The van der Waals surface area contributed by atoms with Gasteiger partial charge >= 0.3 is 0 Å². The highest BCUT2D eigenvalue weighted by molar-refractivity contribution is 7.92. The van der Waals surface area contributed by atoms with Crippen LogP contribution in [0.5, 0.6) is 5.75 Å².